The molecule has 100 valence electrons. The summed E-state index contributed by atoms with van der Waals surface area (Å²) in [6.07, 6.45) is 5.29. The van der Waals surface area contributed by atoms with Crippen LogP contribution in [0, 0.1) is 0 Å². The van der Waals surface area contributed by atoms with Crippen LogP contribution >= 0.6 is 24.2 Å². The number of carbonyl (C=O) groups excluding carboxylic acids is 1. The number of rotatable bonds is 3. The lowest BCUT2D eigenvalue weighted by Crippen LogP contribution is -2.43. The molecule has 5 heteroatoms. The van der Waals surface area contributed by atoms with Crippen molar-refractivity contribution in [1.29, 1.82) is 0 Å². The van der Waals surface area contributed by atoms with Crippen molar-refractivity contribution in [2.75, 3.05) is 18.1 Å². The van der Waals surface area contributed by atoms with Gasteiger partial charge in [0, 0.05) is 10.6 Å². The molecule has 2 N–H and O–H groups in total. The molecule has 0 spiro atoms. The zero-order chi connectivity index (χ0) is 12.1. The number of hydrogen-bond acceptors (Lipinski definition) is 3. The van der Waals surface area contributed by atoms with Gasteiger partial charge in [-0.15, -0.1) is 24.2 Å². The molecule has 1 saturated heterocycles. The van der Waals surface area contributed by atoms with Gasteiger partial charge in [0.05, 0.1) is 6.04 Å². The average molecular weight is 287 g/mol. The Hall–Kier alpha value is -0.710. The highest BCUT2D eigenvalue weighted by atomic mass is 35.5. The van der Waals surface area contributed by atoms with E-state index in [9.17, 15) is 4.79 Å². The maximum absolute atomic E-state index is 11.9. The van der Waals surface area contributed by atoms with E-state index in [2.05, 4.69) is 10.6 Å². The Kier molecular flexibility index (Phi) is 6.54. The smallest absolute Gasteiger partial charge is 0.241 e. The maximum atomic E-state index is 11.9. The first-order chi connectivity index (χ1) is 8.29. The standard InChI is InChI=1S/C13H18N2OS.ClH/c1-17-11-7-5-10(6-8-11)15-13(16)12-4-2-3-9-14-12;/h5-8,12,14H,2-4,9H2,1H3,(H,15,16);1H/t12-;/m0./s1. The molecule has 0 bridgehead atoms. The van der Waals surface area contributed by atoms with Crippen molar-refractivity contribution in [2.24, 2.45) is 0 Å². The topological polar surface area (TPSA) is 41.1 Å². The molecule has 1 atom stereocenters. The molecule has 1 heterocycles. The fourth-order valence-electron chi connectivity index (χ4n) is 1.98. The minimum absolute atomic E-state index is 0. The summed E-state index contributed by atoms with van der Waals surface area (Å²) in [4.78, 5) is 13.2. The van der Waals surface area contributed by atoms with Crippen LogP contribution in [-0.2, 0) is 4.79 Å². The van der Waals surface area contributed by atoms with E-state index in [1.54, 1.807) is 11.8 Å². The minimum Gasteiger partial charge on any atom is -0.325 e. The largest absolute Gasteiger partial charge is 0.325 e. The molecule has 0 unspecified atom stereocenters. The predicted molar refractivity (Wildman–Crippen MR) is 79.7 cm³/mol. The number of amides is 1. The summed E-state index contributed by atoms with van der Waals surface area (Å²) in [7, 11) is 0. The highest BCUT2D eigenvalue weighted by Gasteiger charge is 2.20. The van der Waals surface area contributed by atoms with E-state index in [-0.39, 0.29) is 24.4 Å². The molecule has 2 rings (SSSR count). The Balaban J connectivity index is 0.00000162. The monoisotopic (exact) mass is 286 g/mol. The Morgan fingerprint density at radius 3 is 2.61 bits per heavy atom. The lowest BCUT2D eigenvalue weighted by atomic mass is 10.0. The van der Waals surface area contributed by atoms with Crippen LogP contribution in [0.4, 0.5) is 5.69 Å². The zero-order valence-electron chi connectivity index (χ0n) is 10.4. The molecule has 1 fully saturated rings. The highest BCUT2D eigenvalue weighted by Crippen LogP contribution is 2.18. The van der Waals surface area contributed by atoms with Crippen LogP contribution in [-0.4, -0.2) is 24.7 Å². The molecule has 18 heavy (non-hydrogen) atoms. The first kappa shape index (κ1) is 15.3. The van der Waals surface area contributed by atoms with Gasteiger partial charge in [0.2, 0.25) is 5.91 Å². The quantitative estimate of drug-likeness (QED) is 0.840. The van der Waals surface area contributed by atoms with Crippen LogP contribution in [0.15, 0.2) is 29.2 Å². The summed E-state index contributed by atoms with van der Waals surface area (Å²) in [5, 5.41) is 6.20. The number of piperidine rings is 1. The van der Waals surface area contributed by atoms with Gasteiger partial charge in [-0.1, -0.05) is 6.42 Å². The molecule has 0 aliphatic carbocycles. The SMILES string of the molecule is CSc1ccc(NC(=O)[C@@H]2CCCCN2)cc1.Cl. The van der Waals surface area contributed by atoms with Crippen LogP contribution in [0.2, 0.25) is 0 Å². The van der Waals surface area contributed by atoms with Crippen LogP contribution in [0.25, 0.3) is 0 Å². The predicted octanol–water partition coefficient (Wildman–Crippen LogP) is 2.91. The van der Waals surface area contributed by atoms with Crippen molar-refractivity contribution in [3.05, 3.63) is 24.3 Å². The number of thioether (sulfide) groups is 1. The Morgan fingerprint density at radius 1 is 1.33 bits per heavy atom. The van der Waals surface area contributed by atoms with Crippen LogP contribution < -0.4 is 10.6 Å². The fourth-order valence-corrected chi connectivity index (χ4v) is 2.39. The van der Waals surface area contributed by atoms with Gasteiger partial charge in [-0.3, -0.25) is 4.79 Å². The van der Waals surface area contributed by atoms with Crippen molar-refractivity contribution in [1.82, 2.24) is 5.32 Å². The normalized spacial score (nSPS) is 18.8. The number of anilines is 1. The van der Waals surface area contributed by atoms with E-state index in [0.717, 1.165) is 25.1 Å². The Morgan fingerprint density at radius 2 is 2.06 bits per heavy atom. The van der Waals surface area contributed by atoms with Crippen LogP contribution in [0.5, 0.6) is 0 Å². The number of nitrogens with one attached hydrogen (secondary N) is 2. The summed E-state index contributed by atoms with van der Waals surface area (Å²) in [6.45, 7) is 0.948. The van der Waals surface area contributed by atoms with Gasteiger partial charge in [-0.05, 0) is 49.9 Å². The third-order valence-corrected chi connectivity index (χ3v) is 3.73. The Bertz CT molecular complexity index is 377. The first-order valence-electron chi connectivity index (χ1n) is 5.98. The number of halogens is 1. The van der Waals surface area contributed by atoms with E-state index in [4.69, 9.17) is 0 Å². The molecular formula is C13H19ClN2OS. The van der Waals surface area contributed by atoms with Gasteiger partial charge >= 0.3 is 0 Å². The molecule has 1 aliphatic heterocycles. The third kappa shape index (κ3) is 4.19. The molecule has 0 aromatic heterocycles. The van der Waals surface area contributed by atoms with E-state index in [1.807, 2.05) is 30.5 Å². The fraction of sp³-hybridized carbons (Fsp3) is 0.462. The van der Waals surface area contributed by atoms with E-state index in [1.165, 1.54) is 11.3 Å². The number of hydrogen-bond donors (Lipinski definition) is 2. The second-order valence-electron chi connectivity index (χ2n) is 4.22. The second-order valence-corrected chi connectivity index (χ2v) is 5.10. The molecule has 1 amide bonds. The van der Waals surface area contributed by atoms with Crippen LogP contribution in [0.1, 0.15) is 19.3 Å². The number of benzene rings is 1. The molecule has 1 aromatic rings. The van der Waals surface area contributed by atoms with E-state index in [0.29, 0.717) is 0 Å². The lowest BCUT2D eigenvalue weighted by molar-refractivity contribution is -0.118. The summed E-state index contributed by atoms with van der Waals surface area (Å²) in [5.41, 5.74) is 0.875. The van der Waals surface area contributed by atoms with Gasteiger partial charge in [-0.2, -0.15) is 0 Å². The summed E-state index contributed by atoms with van der Waals surface area (Å²) in [6, 6.07) is 7.92. The van der Waals surface area contributed by atoms with Gasteiger partial charge in [0.15, 0.2) is 0 Å². The maximum Gasteiger partial charge on any atom is 0.241 e. The van der Waals surface area contributed by atoms with E-state index < -0.39 is 0 Å². The molecule has 0 saturated carbocycles. The van der Waals surface area contributed by atoms with Gasteiger partial charge < -0.3 is 10.6 Å². The average Bonchev–Trinajstić information content (AvgIpc) is 2.40. The minimum atomic E-state index is -0.0241. The molecule has 0 radical (unpaired) electrons. The molecule has 3 nitrogen and oxygen atoms in total. The Labute approximate surface area is 119 Å². The number of carbonyl (C=O) groups is 1. The van der Waals surface area contributed by atoms with Crippen molar-refractivity contribution in [3.8, 4) is 0 Å². The van der Waals surface area contributed by atoms with Crippen molar-refractivity contribution >= 4 is 35.8 Å². The van der Waals surface area contributed by atoms with Crippen molar-refractivity contribution in [3.63, 3.8) is 0 Å². The molecule has 1 aromatic carbocycles. The third-order valence-electron chi connectivity index (χ3n) is 2.98. The van der Waals surface area contributed by atoms with Crippen molar-refractivity contribution in [2.45, 2.75) is 30.2 Å². The van der Waals surface area contributed by atoms with E-state index >= 15 is 0 Å². The summed E-state index contributed by atoms with van der Waals surface area (Å²) in [5.74, 6) is 0.0848. The molecule has 1 aliphatic rings. The van der Waals surface area contributed by atoms with Crippen LogP contribution in [0.3, 0.4) is 0 Å². The summed E-state index contributed by atoms with van der Waals surface area (Å²) < 4.78 is 0. The zero-order valence-corrected chi connectivity index (χ0v) is 12.1. The van der Waals surface area contributed by atoms with Crippen molar-refractivity contribution < 1.29 is 4.79 Å². The lowest BCUT2D eigenvalue weighted by Gasteiger charge is -2.22. The molecular weight excluding hydrogens is 268 g/mol. The first-order valence-corrected chi connectivity index (χ1v) is 7.20. The second kappa shape index (κ2) is 7.67. The van der Waals surface area contributed by atoms with Gasteiger partial charge in [0.25, 0.3) is 0 Å². The van der Waals surface area contributed by atoms with Gasteiger partial charge in [-0.25, -0.2) is 0 Å². The van der Waals surface area contributed by atoms with Gasteiger partial charge in [0.1, 0.15) is 0 Å². The highest BCUT2D eigenvalue weighted by molar-refractivity contribution is 7.98. The summed E-state index contributed by atoms with van der Waals surface area (Å²) >= 11 is 1.70.